The lowest BCUT2D eigenvalue weighted by atomic mass is 9.84. The van der Waals surface area contributed by atoms with Gasteiger partial charge in [-0.2, -0.15) is 0 Å². The lowest BCUT2D eigenvalue weighted by molar-refractivity contribution is -0.145. The number of piperazine rings is 1. The predicted octanol–water partition coefficient (Wildman–Crippen LogP) is 2.48. The van der Waals surface area contributed by atoms with Gasteiger partial charge in [0.05, 0.1) is 30.3 Å². The summed E-state index contributed by atoms with van der Waals surface area (Å²) >= 11 is 1.48. The highest BCUT2D eigenvalue weighted by molar-refractivity contribution is 8.02. The molecule has 2 heterocycles. The monoisotopic (exact) mass is 554 g/mol. The predicted molar refractivity (Wildman–Crippen MR) is 149 cm³/mol. The number of carbonyl (C=O) groups is 3. The number of carbonyl (C=O) groups excluding carboxylic acids is 3. The summed E-state index contributed by atoms with van der Waals surface area (Å²) in [7, 11) is 0. The van der Waals surface area contributed by atoms with Crippen molar-refractivity contribution in [2.75, 3.05) is 32.5 Å². The van der Waals surface area contributed by atoms with Crippen LogP contribution >= 0.6 is 11.8 Å². The molecular weight excluding hydrogens is 519 g/mol. The summed E-state index contributed by atoms with van der Waals surface area (Å²) in [6.45, 7) is 4.29. The molecule has 8 nitrogen and oxygen atoms in total. The molecular formula is C29H35FN4O4S. The first kappa shape index (κ1) is 28.8. The van der Waals surface area contributed by atoms with Gasteiger partial charge < -0.3 is 25.6 Å². The van der Waals surface area contributed by atoms with Crippen molar-refractivity contribution in [1.82, 2.24) is 15.1 Å². The van der Waals surface area contributed by atoms with E-state index < -0.39 is 23.0 Å². The van der Waals surface area contributed by atoms with Gasteiger partial charge in [-0.05, 0) is 43.4 Å². The van der Waals surface area contributed by atoms with Crippen LogP contribution in [0, 0.1) is 5.82 Å². The number of amides is 2. The summed E-state index contributed by atoms with van der Waals surface area (Å²) in [5.74, 6) is -1.28. The number of ketones is 1. The maximum Gasteiger partial charge on any atom is 0.247 e. The molecule has 2 atom stereocenters. The zero-order valence-corrected chi connectivity index (χ0v) is 23.3. The minimum Gasteiger partial charge on any atom is -0.374 e. The first-order valence-corrected chi connectivity index (χ1v) is 14.1. The second-order valence-corrected chi connectivity index (χ2v) is 11.4. The van der Waals surface area contributed by atoms with Crippen LogP contribution in [0.1, 0.15) is 25.0 Å². The van der Waals surface area contributed by atoms with E-state index in [1.54, 1.807) is 37.0 Å². The second-order valence-electron chi connectivity index (χ2n) is 10.5. The molecule has 2 aliphatic heterocycles. The molecule has 208 valence electrons. The molecule has 0 aliphatic carbocycles. The molecule has 2 amide bonds. The summed E-state index contributed by atoms with van der Waals surface area (Å²) < 4.78 is 19.4. The summed E-state index contributed by atoms with van der Waals surface area (Å²) in [6, 6.07) is 14.6. The van der Waals surface area contributed by atoms with Crippen LogP contribution in [0.25, 0.3) is 0 Å². The number of benzene rings is 2. The van der Waals surface area contributed by atoms with Crippen LogP contribution in [0.3, 0.4) is 0 Å². The Bertz CT molecular complexity index is 1230. The number of nitrogens with two attached hydrogens (primary N) is 1. The molecule has 0 aromatic heterocycles. The van der Waals surface area contributed by atoms with Crippen molar-refractivity contribution in [3.63, 3.8) is 0 Å². The van der Waals surface area contributed by atoms with Crippen LogP contribution in [0.5, 0.6) is 0 Å². The Kier molecular flexibility index (Phi) is 8.78. The Labute approximate surface area is 232 Å². The Morgan fingerprint density at radius 2 is 1.82 bits per heavy atom. The number of hydrogen-bond donors (Lipinski definition) is 2. The average molecular weight is 555 g/mol. The van der Waals surface area contributed by atoms with E-state index in [1.165, 1.54) is 23.9 Å². The topological polar surface area (TPSA) is 105 Å². The molecule has 0 bridgehead atoms. The van der Waals surface area contributed by atoms with Gasteiger partial charge in [0.1, 0.15) is 17.4 Å². The number of ether oxygens (including phenoxy) is 1. The molecule has 1 saturated heterocycles. The number of nitrogens with zero attached hydrogens (tertiary/aromatic N) is 2. The number of rotatable bonds is 10. The first-order valence-electron chi connectivity index (χ1n) is 12.9. The maximum absolute atomic E-state index is 13.9. The lowest BCUT2D eigenvalue weighted by Gasteiger charge is -2.48. The van der Waals surface area contributed by atoms with Crippen molar-refractivity contribution >= 4 is 29.4 Å². The first-order chi connectivity index (χ1) is 18.5. The Morgan fingerprint density at radius 1 is 1.13 bits per heavy atom. The molecule has 2 aliphatic rings. The van der Waals surface area contributed by atoms with Gasteiger partial charge in [-0.3, -0.25) is 14.4 Å². The molecule has 2 aromatic carbocycles. The van der Waals surface area contributed by atoms with E-state index in [0.29, 0.717) is 19.5 Å². The van der Waals surface area contributed by atoms with Crippen molar-refractivity contribution in [2.24, 2.45) is 5.73 Å². The van der Waals surface area contributed by atoms with Crippen molar-refractivity contribution in [3.05, 3.63) is 82.6 Å². The highest BCUT2D eigenvalue weighted by atomic mass is 32.2. The smallest absolute Gasteiger partial charge is 0.247 e. The Morgan fingerprint density at radius 3 is 2.46 bits per heavy atom. The Hall–Kier alpha value is -3.21. The van der Waals surface area contributed by atoms with Crippen LogP contribution in [0.4, 0.5) is 4.39 Å². The van der Waals surface area contributed by atoms with E-state index in [9.17, 15) is 18.8 Å². The van der Waals surface area contributed by atoms with Crippen molar-refractivity contribution in [1.29, 1.82) is 0 Å². The number of halogens is 1. The van der Waals surface area contributed by atoms with Crippen molar-refractivity contribution in [3.8, 4) is 0 Å². The fourth-order valence-corrected chi connectivity index (χ4v) is 5.63. The van der Waals surface area contributed by atoms with Gasteiger partial charge in [-0.1, -0.05) is 42.5 Å². The standard InChI is InChI=1S/C29H35FN4O4S/c1-28(2,31)27(37)32-23(18-38-17-21-7-5-4-6-8-21)26(36)33-13-14-34-25(39-3)15-24(35)29(34,19-33)16-20-9-11-22(30)12-10-20/h4-12,15,23H,13-14,16-19,31H2,1-3H3,(H,32,37)/t23-,29-/m1/s1. The van der Waals surface area contributed by atoms with Gasteiger partial charge in [0.25, 0.3) is 0 Å². The summed E-state index contributed by atoms with van der Waals surface area (Å²) in [5, 5.41) is 3.60. The van der Waals surface area contributed by atoms with Crippen LogP contribution < -0.4 is 11.1 Å². The van der Waals surface area contributed by atoms with Crippen LogP contribution in [0.2, 0.25) is 0 Å². The average Bonchev–Trinajstić information content (AvgIpc) is 3.19. The molecule has 0 spiro atoms. The summed E-state index contributed by atoms with van der Waals surface area (Å²) in [5.41, 5.74) is 5.52. The highest BCUT2D eigenvalue weighted by Crippen LogP contribution is 2.39. The highest BCUT2D eigenvalue weighted by Gasteiger charge is 2.52. The Balaban J connectivity index is 1.56. The minimum absolute atomic E-state index is 0.0526. The number of nitrogens with one attached hydrogen (secondary N) is 1. The molecule has 2 aromatic rings. The largest absolute Gasteiger partial charge is 0.374 e. The molecule has 0 saturated carbocycles. The third-order valence-corrected chi connectivity index (χ3v) is 7.81. The van der Waals surface area contributed by atoms with E-state index in [2.05, 4.69) is 10.2 Å². The third-order valence-electron chi connectivity index (χ3n) is 7.06. The minimum atomic E-state index is -1.20. The zero-order chi connectivity index (χ0) is 28.2. The molecule has 3 N–H and O–H groups in total. The third kappa shape index (κ3) is 6.51. The van der Waals surface area contributed by atoms with Gasteiger partial charge in [0.2, 0.25) is 11.8 Å². The van der Waals surface area contributed by atoms with Gasteiger partial charge in [0, 0.05) is 25.6 Å². The van der Waals surface area contributed by atoms with E-state index in [4.69, 9.17) is 10.5 Å². The molecule has 0 unspecified atom stereocenters. The quantitative estimate of drug-likeness (QED) is 0.465. The molecule has 4 rings (SSSR count). The number of thioether (sulfide) groups is 1. The van der Waals surface area contributed by atoms with Gasteiger partial charge in [-0.15, -0.1) is 11.8 Å². The van der Waals surface area contributed by atoms with Crippen molar-refractivity contribution in [2.45, 2.75) is 44.0 Å². The molecule has 1 fully saturated rings. The fraction of sp³-hybridized carbons (Fsp3) is 0.414. The number of hydrogen-bond acceptors (Lipinski definition) is 7. The van der Waals surface area contributed by atoms with E-state index >= 15 is 0 Å². The van der Waals surface area contributed by atoms with E-state index in [-0.39, 0.29) is 37.3 Å². The lowest BCUT2D eigenvalue weighted by Crippen LogP contribution is -2.67. The normalized spacial score (nSPS) is 19.9. The summed E-state index contributed by atoms with van der Waals surface area (Å²) in [4.78, 5) is 43.8. The van der Waals surface area contributed by atoms with Gasteiger partial charge in [0.15, 0.2) is 5.78 Å². The molecule has 0 radical (unpaired) electrons. The van der Waals surface area contributed by atoms with Crippen molar-refractivity contribution < 1.29 is 23.5 Å². The maximum atomic E-state index is 13.9. The SMILES string of the molecule is CSC1=CC(=O)[C@@]2(Cc3ccc(F)cc3)CN(C(=O)[C@@H](COCc3ccccc3)NC(=O)C(C)(C)N)CCN12. The zero-order valence-electron chi connectivity index (χ0n) is 22.5. The molecule has 39 heavy (non-hydrogen) atoms. The second kappa shape index (κ2) is 11.9. The van der Waals surface area contributed by atoms with Gasteiger partial charge >= 0.3 is 0 Å². The van der Waals surface area contributed by atoms with E-state index in [1.807, 2.05) is 36.6 Å². The number of fused-ring (bicyclic) bond motifs is 1. The van der Waals surface area contributed by atoms with Crippen LogP contribution in [-0.4, -0.2) is 77.0 Å². The molecule has 10 heteroatoms. The van der Waals surface area contributed by atoms with E-state index in [0.717, 1.165) is 16.2 Å². The summed E-state index contributed by atoms with van der Waals surface area (Å²) in [6.07, 6.45) is 3.85. The van der Waals surface area contributed by atoms with Crippen LogP contribution in [0.15, 0.2) is 65.7 Å². The fourth-order valence-electron chi connectivity index (χ4n) is 4.92. The van der Waals surface area contributed by atoms with Crippen LogP contribution in [-0.2, 0) is 32.1 Å². The van der Waals surface area contributed by atoms with Gasteiger partial charge in [-0.25, -0.2) is 4.39 Å².